The molecular weight excluding hydrogens is 1550 g/mol. The summed E-state index contributed by atoms with van der Waals surface area (Å²) in [6, 6.07) is 0. The lowest BCUT2D eigenvalue weighted by molar-refractivity contribution is -0.174. The molecule has 26 aliphatic rings. The van der Waals surface area contributed by atoms with Gasteiger partial charge in [0.15, 0.2) is 0 Å². The smallest absolute Gasteiger partial charge is 0.139 e. The summed E-state index contributed by atoms with van der Waals surface area (Å²) >= 11 is 0. The van der Waals surface area contributed by atoms with Crippen molar-refractivity contribution in [3.8, 4) is 0 Å². The molecule has 0 aliphatic heterocycles. The van der Waals surface area contributed by atoms with Crippen molar-refractivity contribution >= 4 is 5.78 Å². The van der Waals surface area contributed by atoms with Gasteiger partial charge in [-0.15, -0.1) is 0 Å². The third kappa shape index (κ3) is 26.4. The van der Waals surface area contributed by atoms with Crippen LogP contribution < -0.4 is 0 Å². The second-order valence-corrected chi connectivity index (χ2v) is 50.1. The van der Waals surface area contributed by atoms with Gasteiger partial charge in [0, 0.05) is 84.5 Å². The molecule has 26 saturated carbocycles. The molecule has 0 aromatic carbocycles. The van der Waals surface area contributed by atoms with Crippen molar-refractivity contribution in [2.75, 3.05) is 79.3 Å². The summed E-state index contributed by atoms with van der Waals surface area (Å²) in [5.41, 5.74) is 3.38. The van der Waals surface area contributed by atoms with Crippen LogP contribution in [-0.4, -0.2) is 131 Å². The topological polar surface area (TPSA) is 109 Å². The fourth-order valence-electron chi connectivity index (χ4n) is 35.0. The Kier molecular flexibility index (Phi) is 37.9. The predicted octanol–water partition coefficient (Wildman–Crippen LogP) is 29.7. The van der Waals surface area contributed by atoms with E-state index in [0.717, 1.165) is 211 Å². The number of ketones is 1. The Labute approximate surface area is 771 Å². The Morgan fingerprint density at radius 3 is 1.01 bits per heavy atom. The van der Waals surface area contributed by atoms with E-state index in [2.05, 4.69) is 145 Å². The summed E-state index contributed by atoms with van der Waals surface area (Å²) in [4.78, 5) is 11.9. The van der Waals surface area contributed by atoms with E-state index in [1.807, 2.05) is 0 Å². The number of Topliss-reactive ketones (excluding diaryl/α,β-unsaturated/α-hetero) is 1. The summed E-state index contributed by atoms with van der Waals surface area (Å²) in [7, 11) is 0. The minimum absolute atomic E-state index is 0.110. The van der Waals surface area contributed by atoms with Gasteiger partial charge in [-0.1, -0.05) is 108 Å². The van der Waals surface area contributed by atoms with E-state index in [-0.39, 0.29) is 22.4 Å². The highest BCUT2D eigenvalue weighted by atomic mass is 16.5. The molecular formula is C114H204O11. The zero-order valence-corrected chi connectivity index (χ0v) is 86.0. The molecule has 26 aliphatic carbocycles. The van der Waals surface area contributed by atoms with Gasteiger partial charge in [-0.3, -0.25) is 4.79 Å². The zero-order chi connectivity index (χ0) is 89.6. The van der Waals surface area contributed by atoms with Crippen LogP contribution in [-0.2, 0) is 52.2 Å². The molecule has 26 fully saturated rings. The van der Waals surface area contributed by atoms with E-state index in [0.29, 0.717) is 68.6 Å². The maximum absolute atomic E-state index is 11.9. The molecule has 5 unspecified atom stereocenters. The van der Waals surface area contributed by atoms with Crippen LogP contribution in [0.4, 0.5) is 0 Å². The molecule has 0 spiro atoms. The zero-order valence-electron chi connectivity index (χ0n) is 86.0. The number of carbonyl (C=O) groups excluding carboxylic acids is 1. The second-order valence-electron chi connectivity index (χ2n) is 50.1. The Morgan fingerprint density at radius 1 is 0.288 bits per heavy atom. The molecule has 22 bridgehead atoms. The van der Waals surface area contributed by atoms with E-state index in [4.69, 9.17) is 47.4 Å². The first-order valence-corrected chi connectivity index (χ1v) is 55.5. The number of rotatable bonds is 24. The fraction of sp³-hybridized carbons (Fsp3) is 0.991. The maximum Gasteiger partial charge on any atom is 0.139 e. The fourth-order valence-corrected chi connectivity index (χ4v) is 35.0. The van der Waals surface area contributed by atoms with Crippen LogP contribution in [0.5, 0.6) is 0 Å². The number of hydrogen-bond acceptors (Lipinski definition) is 11. The molecule has 0 radical (unpaired) electrons. The Balaban J connectivity index is 0.000000127. The summed E-state index contributed by atoms with van der Waals surface area (Å²) in [6.07, 6.45) is 66.7. The SMILES string of the molecule is CCOC1(C)CC2CCC1C2.CCOC1(CC)CCCC1.CCOC1(CC)CCCCC1.CCOC12CC3CC(C1)C(=O)C(C3)C2.CCOC12CC3CC(CC(C3)C1)C2.CCOC1C(C)(C)CCC1(C)C.CCOC1C(C)(C)CCCC1(C)C.CCOC1C2CC3CC(C2)CC1C3.CCOCC12CC3CC(CC(C3)C1)C2.CCOCC1C2CC3CC(C2)CC1C3. The van der Waals surface area contributed by atoms with Crippen LogP contribution >= 0.6 is 0 Å². The normalized spacial score (nSPS) is 41.5. The van der Waals surface area contributed by atoms with E-state index >= 15 is 0 Å². The van der Waals surface area contributed by atoms with Gasteiger partial charge in [0.1, 0.15) is 5.78 Å². The predicted molar refractivity (Wildman–Crippen MR) is 517 cm³/mol. The van der Waals surface area contributed by atoms with Crippen molar-refractivity contribution in [3.05, 3.63) is 0 Å². The van der Waals surface area contributed by atoms with Gasteiger partial charge in [0.2, 0.25) is 0 Å². The van der Waals surface area contributed by atoms with Gasteiger partial charge < -0.3 is 47.4 Å². The minimum Gasteiger partial charge on any atom is -0.381 e. The maximum atomic E-state index is 11.9. The molecule has 0 saturated heterocycles. The Morgan fingerprint density at radius 2 is 0.648 bits per heavy atom. The lowest BCUT2D eigenvalue weighted by Crippen LogP contribution is -2.56. The van der Waals surface area contributed by atoms with Crippen LogP contribution in [0, 0.1) is 145 Å². The third-order valence-electron chi connectivity index (χ3n) is 38.6. The summed E-state index contributed by atoms with van der Waals surface area (Å²) < 4.78 is 58.4. The summed E-state index contributed by atoms with van der Waals surface area (Å²) in [6.45, 7) is 57.5. The van der Waals surface area contributed by atoms with E-state index in [1.165, 1.54) is 244 Å². The van der Waals surface area contributed by atoms with E-state index < -0.39 is 0 Å². The van der Waals surface area contributed by atoms with Crippen LogP contribution in [0.2, 0.25) is 0 Å². The largest absolute Gasteiger partial charge is 0.381 e. The van der Waals surface area contributed by atoms with Crippen LogP contribution in [0.3, 0.4) is 0 Å². The van der Waals surface area contributed by atoms with Gasteiger partial charge in [-0.05, 0) is 473 Å². The highest BCUT2D eigenvalue weighted by Crippen LogP contribution is 2.63. The molecule has 726 valence electrons. The van der Waals surface area contributed by atoms with Crippen LogP contribution in [0.1, 0.15) is 447 Å². The molecule has 0 heterocycles. The van der Waals surface area contributed by atoms with Gasteiger partial charge in [0.25, 0.3) is 0 Å². The Hall–Kier alpha value is -0.730. The van der Waals surface area contributed by atoms with E-state index in [9.17, 15) is 4.79 Å². The second kappa shape index (κ2) is 45.9. The minimum atomic E-state index is 0.110. The monoisotopic (exact) mass is 1750 g/mol. The van der Waals surface area contributed by atoms with E-state index in [1.54, 1.807) is 32.1 Å². The van der Waals surface area contributed by atoms with Crippen molar-refractivity contribution in [2.24, 2.45) is 145 Å². The average Bonchev–Trinajstić information content (AvgIpc) is 1.54. The van der Waals surface area contributed by atoms with Crippen molar-refractivity contribution in [2.45, 2.75) is 493 Å². The quantitative estimate of drug-likeness (QED) is 0.0921. The molecule has 0 aromatic rings. The molecule has 11 heteroatoms. The molecule has 26 rings (SSSR count). The molecule has 0 N–H and O–H groups in total. The molecule has 5 atom stereocenters. The highest BCUT2D eigenvalue weighted by molar-refractivity contribution is 5.85. The van der Waals surface area contributed by atoms with Gasteiger partial charge in [-0.2, -0.15) is 0 Å². The van der Waals surface area contributed by atoms with Crippen molar-refractivity contribution < 1.29 is 52.2 Å². The standard InChI is InChI=1S/2C13H22O.C12H18O2.2C12H20O.C12H24O.C11H22O.C10H18O.C10H20O.C9H18O/c1-2-14-9-13-6-10-3-11(7-13)5-12(4-10)8-13;1-2-14-8-13-11-4-9-3-10(6-11)7-12(13)5-9;1-2-14-12-5-8-3-9(6-12)11(13)10(4-8)7-12;1-2-13-12-6-9-3-10(7-12)5-11(4-9)8-12;1-2-13-12-10-4-8-3-9(6-10)7-11(12)5-8;1-6-13-10-11(2,3)8-7-9-12(10,4)5;1-6-12-9-10(2,3)7-8-11(9,4)5;1-3-11-10(2)7-8-4-5-9(10)6-8;1-3-10(11-4-2)8-6-5-7-9-10;1-3-9(10-4-2)7-5-6-8-9/h10-12H,2-9H2,1H3;9-13H,2-8H2,1H3;8-10H,2-7H2,1H3;9-11H,2-8H2,1H3;8-12H,2-7H2,1H3;10H,6-9H2,1-5H3;9H,6-8H2,1-5H3;8-9H,3-7H2,1-2H3;3-9H2,1-2H3;3-8H2,1-2H3. The van der Waals surface area contributed by atoms with Gasteiger partial charge in [-0.25, -0.2) is 0 Å². The lowest BCUT2D eigenvalue weighted by atomic mass is 9.50. The third-order valence-corrected chi connectivity index (χ3v) is 38.6. The molecule has 125 heavy (non-hydrogen) atoms. The number of ether oxygens (including phenoxy) is 10. The van der Waals surface area contributed by atoms with Crippen molar-refractivity contribution in [1.82, 2.24) is 0 Å². The first-order chi connectivity index (χ1) is 59.7. The summed E-state index contributed by atoms with van der Waals surface area (Å²) in [5.74, 6) is 19.5. The van der Waals surface area contributed by atoms with Crippen LogP contribution in [0.25, 0.3) is 0 Å². The number of carbonyl (C=O) groups is 1. The van der Waals surface area contributed by atoms with Crippen LogP contribution in [0.15, 0.2) is 0 Å². The average molecular weight is 1750 g/mol. The highest BCUT2D eigenvalue weighted by Gasteiger charge is 2.58. The molecule has 11 nitrogen and oxygen atoms in total. The number of fused-ring (bicyclic) bond motifs is 2. The Bertz CT molecular complexity index is 2950. The summed E-state index contributed by atoms with van der Waals surface area (Å²) in [5, 5.41) is 0. The van der Waals surface area contributed by atoms with Crippen molar-refractivity contribution in [1.29, 1.82) is 0 Å². The van der Waals surface area contributed by atoms with Gasteiger partial charge >= 0.3 is 0 Å². The first-order valence-electron chi connectivity index (χ1n) is 55.5. The van der Waals surface area contributed by atoms with Crippen molar-refractivity contribution in [3.63, 3.8) is 0 Å². The number of hydrogen-bond donors (Lipinski definition) is 0. The lowest BCUT2D eigenvalue weighted by Gasteiger charge is -2.56. The molecule has 0 amide bonds. The van der Waals surface area contributed by atoms with Gasteiger partial charge in [0.05, 0.1) is 52.9 Å². The first kappa shape index (κ1) is 103. The molecule has 0 aromatic heterocycles.